The topological polar surface area (TPSA) is 510 Å². The number of carboxylic acid groups (broad SMARTS) is 1. The van der Waals surface area contributed by atoms with E-state index < -0.39 is 34.6 Å². The number of aliphatic hydroxyl groups excluding tert-OH is 1. The first-order valence-corrected chi connectivity index (χ1v) is 34.4. The van der Waals surface area contributed by atoms with Gasteiger partial charge in [0.1, 0.15) is 16.8 Å². The zero-order valence-electron chi connectivity index (χ0n) is 55.4. The number of fused-ring (bicyclic) bond motifs is 3. The normalized spacial score (nSPS) is 10.1. The van der Waals surface area contributed by atoms with Crippen LogP contribution in [0.15, 0.2) is 242 Å². The van der Waals surface area contributed by atoms with Crippen LogP contribution < -0.4 is 74.4 Å². The van der Waals surface area contributed by atoms with Gasteiger partial charge >= 0.3 is 40.7 Å². The van der Waals surface area contributed by atoms with Crippen molar-refractivity contribution in [1.29, 1.82) is 0 Å². The first kappa shape index (κ1) is 89.4. The second-order valence-electron chi connectivity index (χ2n) is 19.8. The monoisotopic (exact) mass is 1560 g/mol. The van der Waals surface area contributed by atoms with Crippen LogP contribution in [0.2, 0.25) is 5.15 Å². The van der Waals surface area contributed by atoms with E-state index in [0.717, 1.165) is 57.5 Å². The number of aromatic nitrogens is 14. The molecule has 546 valence electrons. The smallest absolute Gasteiger partial charge is 0.870 e. The van der Waals surface area contributed by atoms with Crippen molar-refractivity contribution in [2.45, 2.75) is 14.4 Å². The zero-order valence-corrected chi connectivity index (χ0v) is 61.3. The van der Waals surface area contributed by atoms with E-state index in [-0.39, 0.29) is 71.7 Å². The van der Waals surface area contributed by atoms with Gasteiger partial charge in [-0.15, -0.1) is 0 Å². The number of aliphatic carboxylic acids is 1. The number of aliphatic hydroxyl groups is 1. The van der Waals surface area contributed by atoms with Crippen molar-refractivity contribution in [3.05, 3.63) is 281 Å². The number of nitrogens with two attached hydrogens (primary N) is 5. The fourth-order valence-corrected chi connectivity index (χ4v) is 8.37. The fraction of sp³-hybridized carbons (Fsp3) is 0.0435. The van der Waals surface area contributed by atoms with Crippen LogP contribution >= 0.6 is 50.5 Å². The average Bonchev–Trinajstić information content (AvgIpc) is 1.51. The molecule has 7 heterocycles. The maximum Gasteiger partial charge on any atom is 1.00 e. The number of hydrogen-bond donors (Lipinski definition) is 10. The van der Waals surface area contributed by atoms with Gasteiger partial charge in [0.2, 0.25) is 0 Å². The minimum Gasteiger partial charge on any atom is -0.870 e. The molecule has 7 aromatic heterocycles. The maximum absolute atomic E-state index is 13.5. The number of carbonyl (C=O) groups excluding carboxylic acids is 3. The van der Waals surface area contributed by atoms with E-state index in [4.69, 9.17) is 50.5 Å². The molecule has 0 radical (unpaired) electrons. The summed E-state index contributed by atoms with van der Waals surface area (Å²) in [4.78, 5) is 80.4. The Labute approximate surface area is 649 Å². The quantitative estimate of drug-likeness (QED) is 0.0144. The van der Waals surface area contributed by atoms with Crippen LogP contribution in [0.25, 0.3) is 66.9 Å². The number of para-hydroxylation sites is 5. The first-order valence-electron chi connectivity index (χ1n) is 29.6. The molecule has 0 spiro atoms. The summed E-state index contributed by atoms with van der Waals surface area (Å²) < 4.78 is 36.1. The predicted octanol–water partition coefficient (Wildman–Crippen LogP) is 9.08. The van der Waals surface area contributed by atoms with Gasteiger partial charge in [-0.05, 0) is 150 Å². The molecule has 30 nitrogen and oxygen atoms in total. The summed E-state index contributed by atoms with van der Waals surface area (Å²) >= 11 is 20.0. The van der Waals surface area contributed by atoms with E-state index in [0.29, 0.717) is 73.1 Å². The van der Waals surface area contributed by atoms with Crippen LogP contribution in [-0.2, 0) is 9.36 Å². The molecule has 38 heteroatoms. The van der Waals surface area contributed by atoms with Gasteiger partial charge in [0.15, 0.2) is 23.3 Å². The predicted molar refractivity (Wildman–Crippen MR) is 403 cm³/mol. The number of carbonyl (C=O) groups is 4. The second kappa shape index (κ2) is 46.1. The van der Waals surface area contributed by atoms with E-state index >= 15 is 0 Å². The molecule has 0 aliphatic carbocycles. The summed E-state index contributed by atoms with van der Waals surface area (Å²) in [5.74, 6) is -2.37. The number of benzene rings is 6. The number of H-pyrrole nitrogens is 1. The summed E-state index contributed by atoms with van der Waals surface area (Å²) in [6.07, 6.45) is 15.5. The molecule has 0 saturated carbocycles. The number of carboxylic acids is 1. The Hall–Kier alpha value is -11.8. The third-order valence-corrected chi connectivity index (χ3v) is 13.0. The average molecular weight is 1560 g/mol. The molecule has 13 rings (SSSR count). The van der Waals surface area contributed by atoms with Crippen LogP contribution in [-0.4, -0.2) is 117 Å². The molecule has 107 heavy (non-hydrogen) atoms. The minimum absolute atomic E-state index is 0. The molecule has 3 amide bonds. The zero-order chi connectivity index (χ0) is 75.6. The Morgan fingerprint density at radius 3 is 1.51 bits per heavy atom. The van der Waals surface area contributed by atoms with E-state index in [1.807, 2.05) is 66.7 Å². The van der Waals surface area contributed by atoms with Gasteiger partial charge in [-0.1, -0.05) is 79.7 Å². The van der Waals surface area contributed by atoms with Crippen molar-refractivity contribution < 1.29 is 77.8 Å². The molecule has 0 aliphatic heterocycles. The van der Waals surface area contributed by atoms with Crippen LogP contribution in [0.4, 0.5) is 31.7 Å². The van der Waals surface area contributed by atoms with Crippen molar-refractivity contribution in [1.82, 2.24) is 70.7 Å². The van der Waals surface area contributed by atoms with Crippen molar-refractivity contribution in [2.24, 2.45) is 22.9 Å². The molecule has 0 unspecified atom stereocenters. The molecule has 6 aromatic carbocycles. The molecule has 0 bridgehead atoms. The van der Waals surface area contributed by atoms with Crippen LogP contribution in [0.5, 0.6) is 0 Å². The standard InChI is InChI=1S/C18H11F2N5.C12H7ClN4.C12H10N4O2.C12H8N4O.C7H8N2O.C5H8N2O2.C2H6O.CH4.Cl3OP.Na.H2O/c19-14-6-5-12(9-15(14)20)23-18-13-3-1-2-4-16(13)24-17(25-18)11-7-8-21-22-10-11;13-11-9-3-1-2-4-10(9)16-12(17-11)8-5-6-14-15-7-8;13-11(17)9-3-1-2-4-10(9)16-12(18)8-5-6-14-15-7-8;17-12-9-3-1-2-4-10(9)15-11(16-12)8-5-6-13-14-7-8;8-6-4-2-1-3-5(6)7(9)10;6-2-1-4(3-7)5(8)9;1-2-3;;1-5(2,3)4;;/h1-10H,(H,23,24,25);1-7H;1-7H,(H2,13,17)(H,16,18);1-7H,(H,15,16,17);1-4H,8H2,(H2,9,10);1-3H,6-7H2,(H,8,9);3H,2H2,1H3;1H4;;;1H2/q;;;;;;;;;+1;/p-1/b;;;;;2-1-,4-3+;;;;;. The van der Waals surface area contributed by atoms with Gasteiger partial charge in [-0.25, -0.2) is 38.5 Å². The largest absolute Gasteiger partial charge is 1.00 e. The number of aromatic amines is 1. The first-order chi connectivity index (χ1) is 49.9. The van der Waals surface area contributed by atoms with Gasteiger partial charge < -0.3 is 60.0 Å². The molecule has 13 aromatic rings. The molecule has 16 N–H and O–H groups in total. The van der Waals surface area contributed by atoms with E-state index in [2.05, 4.69) is 115 Å². The molecule has 0 saturated heterocycles. The number of rotatable bonds is 11. The third-order valence-electron chi connectivity index (χ3n) is 12.7. The summed E-state index contributed by atoms with van der Waals surface area (Å²) in [7, 11) is 0. The summed E-state index contributed by atoms with van der Waals surface area (Å²) in [6, 6.07) is 45.9. The Kier molecular flexibility index (Phi) is 38.5. The SMILES string of the molecule is C.CCO.Clc1nc(-c2ccnnc2)nc2ccccc12.Fc1ccc(Nc2nc(-c3ccnnc3)nc3ccccc23)cc1F.N/C=C\C(=C/N)C(=O)O.NC(=O)c1ccccc1N.NC(=O)c1ccccc1NC(=O)c1ccnnc1.O=P(Cl)(Cl)Cl.O=c1[nH]c(-c2ccnnc2)nc2ccccc12.[Na+].[OH-]. The van der Waals surface area contributed by atoms with Gasteiger partial charge in [0.25, 0.3) is 23.3 Å². The number of nitrogen functional groups attached to an aromatic ring is 1. The number of halogens is 6. The molecule has 0 atom stereocenters. The Balaban J connectivity index is 0.000000333. The number of amides is 3. The fourth-order valence-electron chi connectivity index (χ4n) is 8.13. The van der Waals surface area contributed by atoms with Crippen LogP contribution in [0.3, 0.4) is 0 Å². The van der Waals surface area contributed by atoms with Gasteiger partial charge in [-0.2, -0.15) is 40.8 Å². The molecule has 0 aliphatic rings. The molecular formula is C69H63Cl4F2N21NaO9P. The maximum atomic E-state index is 13.5. The summed E-state index contributed by atoms with van der Waals surface area (Å²) in [5, 5.41) is 50.6. The van der Waals surface area contributed by atoms with E-state index in [1.54, 1.807) is 117 Å². The second-order valence-corrected chi connectivity index (χ2v) is 26.8. The van der Waals surface area contributed by atoms with E-state index in [9.17, 15) is 37.3 Å². The number of primary amides is 2. The van der Waals surface area contributed by atoms with Gasteiger partial charge in [0.05, 0.1) is 99.5 Å². The molecular weight excluding hydrogens is 1500 g/mol. The van der Waals surface area contributed by atoms with Gasteiger partial charge in [0, 0.05) is 57.7 Å². The van der Waals surface area contributed by atoms with Crippen molar-refractivity contribution in [3.8, 4) is 34.2 Å². The number of nitrogens with zero attached hydrogens (tertiary/aromatic N) is 13. The Morgan fingerprint density at radius 2 is 1.05 bits per heavy atom. The van der Waals surface area contributed by atoms with Crippen LogP contribution in [0, 0.1) is 11.6 Å². The number of nitrogens with one attached hydrogen (secondary N) is 3. The molecule has 0 fully saturated rings. The van der Waals surface area contributed by atoms with Crippen LogP contribution in [0.1, 0.15) is 45.4 Å². The number of hydrogen-bond acceptors (Lipinski definition) is 25. The third kappa shape index (κ3) is 29.3. The Morgan fingerprint density at radius 1 is 0.589 bits per heavy atom. The summed E-state index contributed by atoms with van der Waals surface area (Å²) in [6.45, 7) is 1.93. The Bertz CT molecular complexity index is 5210. The van der Waals surface area contributed by atoms with Crippen molar-refractivity contribution >= 4 is 130 Å². The van der Waals surface area contributed by atoms with Gasteiger partial charge in [-0.3, -0.25) is 23.7 Å². The van der Waals surface area contributed by atoms with Crippen molar-refractivity contribution in [2.75, 3.05) is 23.0 Å². The minimum atomic E-state index is -3.22. The summed E-state index contributed by atoms with van der Waals surface area (Å²) in [5.41, 5.74) is 31.9. The van der Waals surface area contributed by atoms with Crippen molar-refractivity contribution in [3.63, 3.8) is 0 Å². The number of anilines is 4. The van der Waals surface area contributed by atoms with E-state index in [1.165, 1.54) is 30.6 Å².